The molecule has 8 heteroatoms. The van der Waals surface area contributed by atoms with Gasteiger partial charge in [0.1, 0.15) is 0 Å². The molecular formula is C23H20F3N3OS. The Bertz CT molecular complexity index is 1100. The van der Waals surface area contributed by atoms with Crippen molar-refractivity contribution in [3.05, 3.63) is 71.6 Å². The molecular weight excluding hydrogens is 423 g/mol. The number of hydrogen-bond donors (Lipinski definition) is 1. The predicted molar refractivity (Wildman–Crippen MR) is 115 cm³/mol. The number of aliphatic hydroxyl groups is 1. The van der Waals surface area contributed by atoms with E-state index in [1.54, 1.807) is 5.38 Å². The molecule has 31 heavy (non-hydrogen) atoms. The summed E-state index contributed by atoms with van der Waals surface area (Å²) in [4.78, 5) is 4.38. The van der Waals surface area contributed by atoms with Crippen molar-refractivity contribution in [3.63, 3.8) is 0 Å². The first kappa shape index (κ1) is 20.2. The molecule has 2 aliphatic rings. The predicted octanol–water partition coefficient (Wildman–Crippen LogP) is 5.82. The molecule has 0 unspecified atom stereocenters. The minimum absolute atomic E-state index is 0.0387. The lowest BCUT2D eigenvalue weighted by Gasteiger charge is -2.39. The van der Waals surface area contributed by atoms with Gasteiger partial charge in [0.15, 0.2) is 0 Å². The summed E-state index contributed by atoms with van der Waals surface area (Å²) in [5.74, 6) is -1.19. The van der Waals surface area contributed by atoms with Crippen LogP contribution in [0.25, 0.3) is 11.3 Å². The largest absolute Gasteiger partial charge is 0.439 e. The monoisotopic (exact) mass is 443 g/mol. The van der Waals surface area contributed by atoms with E-state index in [0.717, 1.165) is 22.5 Å². The molecule has 0 spiro atoms. The SMILES string of the molecule is O[C@@]1(C(F)(F)F)[C@H]2C[C@H](c3ccccc3)CCC2=NN1c1nc(-c2ccccc2)cs1. The van der Waals surface area contributed by atoms with Gasteiger partial charge in [0.2, 0.25) is 5.13 Å². The summed E-state index contributed by atoms with van der Waals surface area (Å²) in [5.41, 5.74) is -0.369. The number of anilines is 1. The lowest BCUT2D eigenvalue weighted by Crippen LogP contribution is -2.60. The molecule has 1 aliphatic carbocycles. The number of aromatic nitrogens is 1. The first-order chi connectivity index (χ1) is 14.9. The molecule has 2 heterocycles. The Hall–Kier alpha value is -2.71. The summed E-state index contributed by atoms with van der Waals surface area (Å²) in [7, 11) is 0. The van der Waals surface area contributed by atoms with Crippen LogP contribution in [0.2, 0.25) is 0 Å². The number of halogens is 3. The second-order valence-corrected chi connectivity index (χ2v) is 8.78. The molecule has 5 rings (SSSR count). The molecule has 0 amide bonds. The zero-order valence-electron chi connectivity index (χ0n) is 16.5. The maximum absolute atomic E-state index is 14.3. The lowest BCUT2D eigenvalue weighted by atomic mass is 9.73. The van der Waals surface area contributed by atoms with E-state index in [4.69, 9.17) is 0 Å². The van der Waals surface area contributed by atoms with Gasteiger partial charge in [-0.2, -0.15) is 23.3 Å². The fourth-order valence-corrected chi connectivity index (χ4v) is 5.38. The van der Waals surface area contributed by atoms with Crippen LogP contribution in [0.4, 0.5) is 18.3 Å². The molecule has 3 aromatic rings. The Labute approximate surface area is 181 Å². The fourth-order valence-electron chi connectivity index (χ4n) is 4.54. The quantitative estimate of drug-likeness (QED) is 0.555. The average molecular weight is 443 g/mol. The van der Waals surface area contributed by atoms with Gasteiger partial charge in [-0.05, 0) is 30.7 Å². The highest BCUT2D eigenvalue weighted by Crippen LogP contribution is 2.52. The zero-order valence-corrected chi connectivity index (χ0v) is 17.3. The second-order valence-electron chi connectivity index (χ2n) is 7.94. The maximum Gasteiger partial charge on any atom is 0.439 e. The molecule has 4 nitrogen and oxygen atoms in total. The molecule has 3 atom stereocenters. The van der Waals surface area contributed by atoms with Crippen LogP contribution in [-0.2, 0) is 0 Å². The summed E-state index contributed by atoms with van der Waals surface area (Å²) in [6, 6.07) is 18.7. The highest BCUT2D eigenvalue weighted by molar-refractivity contribution is 7.14. The summed E-state index contributed by atoms with van der Waals surface area (Å²) in [5, 5.41) is 17.8. The van der Waals surface area contributed by atoms with Gasteiger partial charge in [-0.1, -0.05) is 60.7 Å². The average Bonchev–Trinajstić information content (AvgIpc) is 3.38. The maximum atomic E-state index is 14.3. The number of benzene rings is 2. The van der Waals surface area contributed by atoms with Crippen LogP contribution < -0.4 is 5.01 Å². The molecule has 1 aliphatic heterocycles. The van der Waals surface area contributed by atoms with Crippen molar-refractivity contribution < 1.29 is 18.3 Å². The van der Waals surface area contributed by atoms with E-state index in [1.807, 2.05) is 60.7 Å². The molecule has 160 valence electrons. The molecule has 2 aromatic carbocycles. The Balaban J connectivity index is 1.51. The van der Waals surface area contributed by atoms with Crippen molar-refractivity contribution in [2.24, 2.45) is 11.0 Å². The van der Waals surface area contributed by atoms with E-state index in [-0.39, 0.29) is 17.5 Å². The molecule has 1 saturated carbocycles. The Kier molecular flexibility index (Phi) is 4.86. The van der Waals surface area contributed by atoms with Crippen molar-refractivity contribution in [1.82, 2.24) is 4.98 Å². The van der Waals surface area contributed by atoms with E-state index in [9.17, 15) is 18.3 Å². The minimum atomic E-state index is -4.89. The van der Waals surface area contributed by atoms with E-state index < -0.39 is 17.8 Å². The van der Waals surface area contributed by atoms with Crippen molar-refractivity contribution in [1.29, 1.82) is 0 Å². The Morgan fingerprint density at radius 1 is 1.03 bits per heavy atom. The van der Waals surface area contributed by atoms with E-state index in [2.05, 4.69) is 10.1 Å². The Morgan fingerprint density at radius 3 is 2.39 bits per heavy atom. The van der Waals surface area contributed by atoms with E-state index >= 15 is 0 Å². The molecule has 0 saturated heterocycles. The van der Waals surface area contributed by atoms with Gasteiger partial charge in [0, 0.05) is 16.7 Å². The normalized spacial score (nSPS) is 25.9. The van der Waals surface area contributed by atoms with Crippen LogP contribution in [0.15, 0.2) is 71.1 Å². The third kappa shape index (κ3) is 3.34. The number of rotatable bonds is 3. The molecule has 1 aromatic heterocycles. The molecule has 0 bridgehead atoms. The van der Waals surface area contributed by atoms with Gasteiger partial charge < -0.3 is 5.11 Å². The molecule has 0 radical (unpaired) electrons. The lowest BCUT2D eigenvalue weighted by molar-refractivity contribution is -0.269. The van der Waals surface area contributed by atoms with E-state index in [0.29, 0.717) is 29.3 Å². The van der Waals surface area contributed by atoms with Crippen molar-refractivity contribution >= 4 is 22.2 Å². The van der Waals surface area contributed by atoms with Crippen molar-refractivity contribution in [2.45, 2.75) is 37.1 Å². The summed E-state index contributed by atoms with van der Waals surface area (Å²) < 4.78 is 43.0. The Morgan fingerprint density at radius 2 is 1.71 bits per heavy atom. The van der Waals surface area contributed by atoms with Gasteiger partial charge in [-0.25, -0.2) is 4.98 Å². The standard InChI is InChI=1S/C23H20F3N3OS/c24-23(25,26)22(30)18-13-17(15-7-3-1-4-8-15)11-12-19(18)28-29(22)21-27-20(14-31-21)16-9-5-2-6-10-16/h1-10,14,17-18,30H,11-13H2/t17-,18+,22-/m1/s1. The van der Waals surface area contributed by atoms with Crippen LogP contribution in [0.1, 0.15) is 30.7 Å². The van der Waals surface area contributed by atoms with Gasteiger partial charge >= 0.3 is 6.18 Å². The second kappa shape index (κ2) is 7.46. The van der Waals surface area contributed by atoms with Gasteiger partial charge in [-0.15, -0.1) is 11.3 Å². The number of fused-ring (bicyclic) bond motifs is 1. The number of alkyl halides is 3. The van der Waals surface area contributed by atoms with Crippen LogP contribution in [0.3, 0.4) is 0 Å². The zero-order chi connectivity index (χ0) is 21.6. The summed E-state index contributed by atoms with van der Waals surface area (Å²) >= 11 is 1.05. The van der Waals surface area contributed by atoms with Gasteiger partial charge in [-0.3, -0.25) is 0 Å². The highest BCUT2D eigenvalue weighted by atomic mass is 32.1. The van der Waals surface area contributed by atoms with Gasteiger partial charge in [0.25, 0.3) is 5.72 Å². The first-order valence-electron chi connectivity index (χ1n) is 10.1. The van der Waals surface area contributed by atoms with Gasteiger partial charge in [0.05, 0.1) is 11.6 Å². The molecule has 1 fully saturated rings. The first-order valence-corrected chi connectivity index (χ1v) is 11.0. The minimum Gasteiger partial charge on any atom is -0.362 e. The number of hydrogen-bond acceptors (Lipinski definition) is 5. The third-order valence-electron chi connectivity index (χ3n) is 6.14. The number of thiazole rings is 1. The summed E-state index contributed by atoms with van der Waals surface area (Å²) in [6.45, 7) is 0. The smallest absolute Gasteiger partial charge is 0.362 e. The van der Waals surface area contributed by atoms with Crippen LogP contribution in [0, 0.1) is 5.92 Å². The highest BCUT2D eigenvalue weighted by Gasteiger charge is 2.68. The fraction of sp³-hybridized carbons (Fsp3) is 0.304. The molecule has 1 N–H and O–H groups in total. The van der Waals surface area contributed by atoms with Crippen molar-refractivity contribution in [3.8, 4) is 11.3 Å². The number of hydrazone groups is 1. The topological polar surface area (TPSA) is 48.7 Å². The van der Waals surface area contributed by atoms with Crippen molar-refractivity contribution in [2.75, 3.05) is 5.01 Å². The number of nitrogens with zero attached hydrogens (tertiary/aromatic N) is 3. The van der Waals surface area contributed by atoms with Crippen LogP contribution in [0.5, 0.6) is 0 Å². The van der Waals surface area contributed by atoms with E-state index in [1.165, 1.54) is 0 Å². The van der Waals surface area contributed by atoms with Crippen LogP contribution >= 0.6 is 11.3 Å². The van der Waals surface area contributed by atoms with Crippen LogP contribution in [-0.4, -0.2) is 27.7 Å². The third-order valence-corrected chi connectivity index (χ3v) is 6.96. The summed E-state index contributed by atoms with van der Waals surface area (Å²) in [6.07, 6.45) is -3.59.